The first-order chi connectivity index (χ1) is 7.82. The van der Waals surface area contributed by atoms with Gasteiger partial charge in [-0.25, -0.2) is 13.2 Å². The molecule has 6 heteroatoms. The molecule has 0 amide bonds. The van der Waals surface area contributed by atoms with Gasteiger partial charge in [0.1, 0.15) is 0 Å². The van der Waals surface area contributed by atoms with Crippen molar-refractivity contribution in [3.05, 3.63) is 29.8 Å². The molecule has 0 spiro atoms. The highest BCUT2D eigenvalue weighted by molar-refractivity contribution is 8.13. The van der Waals surface area contributed by atoms with Crippen LogP contribution in [0.3, 0.4) is 0 Å². The molecule has 1 rings (SSSR count). The second-order valence-corrected chi connectivity index (χ2v) is 6.46. The van der Waals surface area contributed by atoms with Crippen LogP contribution in [-0.4, -0.2) is 21.0 Å². The first-order valence-electron chi connectivity index (χ1n) is 5.03. The maximum atomic E-state index is 11.7. The topological polar surface area (TPSA) is 60.4 Å². The number of halogens is 1. The summed E-state index contributed by atoms with van der Waals surface area (Å²) in [6, 6.07) is 5.69. The number of rotatable bonds is 4. The summed E-state index contributed by atoms with van der Waals surface area (Å²) in [6.07, 6.45) is 0. The lowest BCUT2D eigenvalue weighted by molar-refractivity contribution is 0.0454. The Balaban J connectivity index is 3.02. The minimum atomic E-state index is -3.95. The summed E-state index contributed by atoms with van der Waals surface area (Å²) in [5, 5.41) is 0. The van der Waals surface area contributed by atoms with Crippen LogP contribution in [0, 0.1) is 5.92 Å². The summed E-state index contributed by atoms with van der Waals surface area (Å²) in [4.78, 5) is 11.4. The monoisotopic (exact) mass is 276 g/mol. The molecule has 0 atom stereocenters. The van der Waals surface area contributed by atoms with Crippen molar-refractivity contribution in [1.82, 2.24) is 0 Å². The number of ether oxygens (including phenoxy) is 1. The van der Waals surface area contributed by atoms with Crippen LogP contribution in [0.15, 0.2) is 29.2 Å². The molecular formula is C11H13ClO4S. The van der Waals surface area contributed by atoms with Crippen LogP contribution in [0.2, 0.25) is 0 Å². The van der Waals surface area contributed by atoms with Crippen LogP contribution in [0.25, 0.3) is 0 Å². The van der Waals surface area contributed by atoms with Gasteiger partial charge in [-0.05, 0) is 18.1 Å². The van der Waals surface area contributed by atoms with E-state index >= 15 is 0 Å². The molecule has 4 nitrogen and oxygen atoms in total. The molecule has 0 aromatic heterocycles. The van der Waals surface area contributed by atoms with Crippen molar-refractivity contribution in [2.24, 2.45) is 5.92 Å². The van der Waals surface area contributed by atoms with E-state index in [1.54, 1.807) is 6.07 Å². The van der Waals surface area contributed by atoms with Crippen molar-refractivity contribution in [3.63, 3.8) is 0 Å². The third-order valence-corrected chi connectivity index (χ3v) is 3.30. The van der Waals surface area contributed by atoms with Gasteiger partial charge in [0.25, 0.3) is 9.05 Å². The van der Waals surface area contributed by atoms with Crippen molar-refractivity contribution < 1.29 is 17.9 Å². The lowest BCUT2D eigenvalue weighted by atomic mass is 10.2. The van der Waals surface area contributed by atoms with Gasteiger partial charge in [-0.2, -0.15) is 0 Å². The molecule has 0 radical (unpaired) electrons. The first-order valence-corrected chi connectivity index (χ1v) is 7.34. The van der Waals surface area contributed by atoms with Gasteiger partial charge in [-0.3, -0.25) is 0 Å². The van der Waals surface area contributed by atoms with E-state index in [-0.39, 0.29) is 23.0 Å². The molecule has 0 fully saturated rings. The Kier molecular flexibility index (Phi) is 4.54. The molecule has 0 N–H and O–H groups in total. The molecule has 0 saturated heterocycles. The van der Waals surface area contributed by atoms with Crippen molar-refractivity contribution in [2.45, 2.75) is 18.7 Å². The Morgan fingerprint density at radius 1 is 1.35 bits per heavy atom. The molecule has 0 aliphatic rings. The van der Waals surface area contributed by atoms with E-state index in [1.165, 1.54) is 18.2 Å². The Morgan fingerprint density at radius 3 is 2.47 bits per heavy atom. The Morgan fingerprint density at radius 2 is 1.94 bits per heavy atom. The lowest BCUT2D eigenvalue weighted by Gasteiger charge is -2.09. The Hall–Kier alpha value is -1.07. The smallest absolute Gasteiger partial charge is 0.339 e. The zero-order chi connectivity index (χ0) is 13.1. The Labute approximate surface area is 105 Å². The molecule has 0 unspecified atom stereocenters. The maximum Gasteiger partial charge on any atom is 0.339 e. The second kappa shape index (κ2) is 5.51. The van der Waals surface area contributed by atoms with Gasteiger partial charge in [0, 0.05) is 10.7 Å². The number of hydrogen-bond donors (Lipinski definition) is 0. The van der Waals surface area contributed by atoms with Gasteiger partial charge in [0.15, 0.2) is 0 Å². The lowest BCUT2D eigenvalue weighted by Crippen LogP contribution is -2.12. The quantitative estimate of drug-likeness (QED) is 0.626. The van der Waals surface area contributed by atoms with E-state index in [2.05, 4.69) is 0 Å². The van der Waals surface area contributed by atoms with Crippen LogP contribution in [0.1, 0.15) is 24.2 Å². The predicted octanol–water partition coefficient (Wildman–Crippen LogP) is 2.43. The SMILES string of the molecule is CC(C)COC(=O)c1ccccc1S(=O)(=O)Cl. The summed E-state index contributed by atoms with van der Waals surface area (Å²) in [7, 11) is 1.29. The predicted molar refractivity (Wildman–Crippen MR) is 64.6 cm³/mol. The van der Waals surface area contributed by atoms with Gasteiger partial charge in [0.2, 0.25) is 0 Å². The minimum Gasteiger partial charge on any atom is -0.462 e. The number of esters is 1. The van der Waals surface area contributed by atoms with Gasteiger partial charge < -0.3 is 4.74 Å². The highest BCUT2D eigenvalue weighted by Gasteiger charge is 2.20. The van der Waals surface area contributed by atoms with E-state index < -0.39 is 15.0 Å². The van der Waals surface area contributed by atoms with Crippen molar-refractivity contribution in [2.75, 3.05) is 6.61 Å². The van der Waals surface area contributed by atoms with Crippen LogP contribution >= 0.6 is 10.7 Å². The van der Waals surface area contributed by atoms with Gasteiger partial charge >= 0.3 is 5.97 Å². The largest absolute Gasteiger partial charge is 0.462 e. The molecule has 1 aromatic rings. The highest BCUT2D eigenvalue weighted by Crippen LogP contribution is 2.20. The molecule has 1 aromatic carbocycles. The fourth-order valence-electron chi connectivity index (χ4n) is 1.17. The van der Waals surface area contributed by atoms with Gasteiger partial charge in [-0.1, -0.05) is 26.0 Å². The van der Waals surface area contributed by atoms with E-state index in [0.717, 1.165) is 0 Å². The van der Waals surface area contributed by atoms with E-state index in [4.69, 9.17) is 15.4 Å². The molecule has 94 valence electrons. The summed E-state index contributed by atoms with van der Waals surface area (Å²) in [5.74, 6) is -0.503. The third kappa shape index (κ3) is 4.02. The summed E-state index contributed by atoms with van der Waals surface area (Å²) in [6.45, 7) is 4.00. The zero-order valence-corrected chi connectivity index (χ0v) is 11.1. The molecule has 0 bridgehead atoms. The van der Waals surface area contributed by atoms with E-state index in [9.17, 15) is 13.2 Å². The second-order valence-electron chi connectivity index (χ2n) is 3.93. The Bertz CT molecular complexity index is 508. The number of carbonyl (C=O) groups excluding carboxylic acids is 1. The van der Waals surface area contributed by atoms with E-state index in [0.29, 0.717) is 0 Å². The minimum absolute atomic E-state index is 0.0387. The fourth-order valence-corrected chi connectivity index (χ4v) is 2.23. The van der Waals surface area contributed by atoms with Crippen LogP contribution < -0.4 is 0 Å². The summed E-state index contributed by atoms with van der Waals surface area (Å²) < 4.78 is 27.5. The van der Waals surface area contributed by atoms with Crippen molar-refractivity contribution in [1.29, 1.82) is 0 Å². The van der Waals surface area contributed by atoms with Crippen LogP contribution in [-0.2, 0) is 13.8 Å². The first kappa shape index (κ1) is 14.0. The molecule has 0 heterocycles. The van der Waals surface area contributed by atoms with Crippen LogP contribution in [0.4, 0.5) is 0 Å². The molecule has 0 aliphatic heterocycles. The average molecular weight is 277 g/mol. The zero-order valence-electron chi connectivity index (χ0n) is 9.51. The number of hydrogen-bond acceptors (Lipinski definition) is 4. The molecular weight excluding hydrogens is 264 g/mol. The molecule has 0 saturated carbocycles. The third-order valence-electron chi connectivity index (χ3n) is 1.92. The fraction of sp³-hybridized carbons (Fsp3) is 0.364. The number of benzene rings is 1. The highest BCUT2D eigenvalue weighted by atomic mass is 35.7. The maximum absolute atomic E-state index is 11.7. The van der Waals surface area contributed by atoms with Crippen LogP contribution in [0.5, 0.6) is 0 Å². The number of carbonyl (C=O) groups is 1. The van der Waals surface area contributed by atoms with Gasteiger partial charge in [-0.15, -0.1) is 0 Å². The summed E-state index contributed by atoms with van der Waals surface area (Å²) >= 11 is 0. The molecule has 0 aliphatic carbocycles. The molecule has 17 heavy (non-hydrogen) atoms. The summed E-state index contributed by atoms with van der Waals surface area (Å²) in [5.41, 5.74) is -0.0387. The normalized spacial score (nSPS) is 11.5. The van der Waals surface area contributed by atoms with E-state index in [1.807, 2.05) is 13.8 Å². The average Bonchev–Trinajstić information content (AvgIpc) is 2.24. The standard InChI is InChI=1S/C11H13ClO4S/c1-8(2)7-16-11(13)9-5-3-4-6-10(9)17(12,14)15/h3-6,8H,7H2,1-2H3. The van der Waals surface area contributed by atoms with Gasteiger partial charge in [0.05, 0.1) is 17.1 Å². The van der Waals surface area contributed by atoms with Crippen molar-refractivity contribution >= 4 is 25.7 Å². The van der Waals surface area contributed by atoms with Crippen molar-refractivity contribution in [3.8, 4) is 0 Å².